The third kappa shape index (κ3) is 67.4. The summed E-state index contributed by atoms with van der Waals surface area (Å²) in [5, 5.41) is 46.3. The van der Waals surface area contributed by atoms with E-state index in [0.29, 0.717) is 35.5 Å². The number of nitrogens with zero attached hydrogens (tertiary/aromatic N) is 5. The molecule has 0 saturated heterocycles. The van der Waals surface area contributed by atoms with Crippen LogP contribution >= 0.6 is 0 Å². The van der Waals surface area contributed by atoms with Crippen LogP contribution in [0.3, 0.4) is 0 Å². The van der Waals surface area contributed by atoms with Gasteiger partial charge in [-0.1, -0.05) is 17.7 Å². The van der Waals surface area contributed by atoms with Crippen molar-refractivity contribution in [1.29, 1.82) is 5.26 Å². The van der Waals surface area contributed by atoms with Crippen molar-refractivity contribution in [3.63, 3.8) is 0 Å². The maximum Gasteiger partial charge on any atom is 0.519 e. The first-order valence-corrected chi connectivity index (χ1v) is 23.3. The van der Waals surface area contributed by atoms with E-state index in [1.165, 1.54) is 65.5 Å². The Morgan fingerprint density at radius 3 is 1.47 bits per heavy atom. The van der Waals surface area contributed by atoms with E-state index in [2.05, 4.69) is 104 Å². The molecule has 0 aliphatic carbocycles. The molecule has 0 unspecified atom stereocenters. The Hall–Kier alpha value is -11.0. The number of nitrogens with one attached hydrogen (secondary N) is 12. The second-order valence-corrected chi connectivity index (χ2v) is 15.0. The Kier molecular flexibility index (Phi) is 52.0. The normalized spacial score (nSPS) is 9.63. The van der Waals surface area contributed by atoms with E-state index in [1.54, 1.807) is 46.9 Å². The fourth-order valence-electron chi connectivity index (χ4n) is 3.54. The number of H-pyrrole nitrogens is 7. The molecule has 7 rings (SSSR count). The predicted molar refractivity (Wildman–Crippen MR) is 291 cm³/mol. The number of amides is 5. The number of alkyl halides is 3. The van der Waals surface area contributed by atoms with Crippen LogP contribution < -0.4 is 61.1 Å². The standard InChI is InChI=1S/C7H8O5.C4H6F3NO.C4H6N2O.2C4H5NO2.C4H9NO.C3H5N3O.2C3H4N2O2.C3H4N2O.C3H7NO2.C2H5NO2.CH4/c1-4-6(3-10-5(2)8)12-7(9)11-4;1-3(9)8-2-4(5,6)7;1-3-2-4(7)6-5-3;1-3-2-4(6)5-7-3;1-3-2-4(6)7-5-3;1-3-5-4(2)6;1-2-4-3(7)6-5-2;1-2-4-5-3(6)7-2;1-2-4-3(6)7-5-2;1-3(6)5-2-4;1-3(5)4-6-2;1-2(4)3-5;/h3H2,1-2H3;2H2,1H3,(H,8,9);2H,1H3,(H2,5,6,7);2H,1H3,(H,5,6);2H2,1H3;3H2,1-2H3,(H,5,6);1H3,(H2,4,5,6,7);1H3,(H,5,6);1H3,(H,4,5,6);1H3,(H,5,6);1-2H3,(H,4,5);5H,1H3,(H,3,4);1H4. The van der Waals surface area contributed by atoms with Crippen molar-refractivity contribution in [3.8, 4) is 6.19 Å². The highest BCUT2D eigenvalue weighted by Crippen LogP contribution is 2.11. The summed E-state index contributed by atoms with van der Waals surface area (Å²) in [7, 11) is 1.39. The Morgan fingerprint density at radius 1 is 0.747 bits per heavy atom. The molecule has 13 N–H and O–H groups in total. The molecule has 1 aliphatic heterocycles. The van der Waals surface area contributed by atoms with E-state index in [4.69, 9.17) is 10.5 Å². The summed E-state index contributed by atoms with van der Waals surface area (Å²) in [5.74, 6) is -1.37. The van der Waals surface area contributed by atoms with Crippen molar-refractivity contribution in [3.05, 3.63) is 116 Å². The van der Waals surface area contributed by atoms with Gasteiger partial charge in [0.05, 0.1) is 19.2 Å². The molecule has 1 aliphatic rings. The van der Waals surface area contributed by atoms with E-state index in [9.17, 15) is 75.5 Å². The Morgan fingerprint density at radius 2 is 1.33 bits per heavy atom. The number of halogens is 3. The molecule has 7 heterocycles. The molecule has 0 aromatic carbocycles. The number of aryl methyl sites for hydroxylation is 6. The number of aromatic nitrogens is 10. The van der Waals surface area contributed by atoms with Gasteiger partial charge in [-0.15, -0.1) is 5.10 Å². The molecule has 39 nitrogen and oxygen atoms in total. The minimum atomic E-state index is -4.30. The van der Waals surface area contributed by atoms with E-state index in [0.717, 1.165) is 24.9 Å². The van der Waals surface area contributed by atoms with Crippen molar-refractivity contribution >= 4 is 47.2 Å². The third-order valence-electron chi connectivity index (χ3n) is 6.63. The first kappa shape index (κ1) is 87.3. The lowest BCUT2D eigenvalue weighted by Gasteiger charge is -2.04. The molecule has 42 heteroatoms. The van der Waals surface area contributed by atoms with Gasteiger partial charge in [0, 0.05) is 72.8 Å². The summed E-state index contributed by atoms with van der Waals surface area (Å²) in [4.78, 5) is 143. The molecule has 0 bridgehead atoms. The molecule has 6 aromatic rings. The van der Waals surface area contributed by atoms with Gasteiger partial charge in [-0.2, -0.15) is 28.7 Å². The summed E-state index contributed by atoms with van der Waals surface area (Å²) in [6, 6.07) is 2.89. The topological polar surface area (TPSA) is 581 Å². The number of hydrogen-bond donors (Lipinski definition) is 13. The lowest BCUT2D eigenvalue weighted by Crippen LogP contribution is -2.31. The van der Waals surface area contributed by atoms with Crippen molar-refractivity contribution in [2.75, 3.05) is 20.2 Å². The average molecular weight is 1260 g/mol. The molecule has 0 fully saturated rings. The van der Waals surface area contributed by atoms with Gasteiger partial charge in [0.25, 0.3) is 11.1 Å². The average Bonchev–Trinajstić information content (AvgIpc) is 4.53. The second kappa shape index (κ2) is 51.9. The summed E-state index contributed by atoms with van der Waals surface area (Å²) in [6.45, 7) is 20.8. The van der Waals surface area contributed by atoms with Gasteiger partial charge in [0.2, 0.25) is 35.4 Å². The number of hydroxylamine groups is 2. The van der Waals surface area contributed by atoms with E-state index >= 15 is 0 Å². The zero-order valence-corrected chi connectivity index (χ0v) is 48.9. The quantitative estimate of drug-likeness (QED) is 0.0274. The molecule has 87 heavy (non-hydrogen) atoms. The fraction of sp³-hybridized carbons (Fsp3) is 0.467. The van der Waals surface area contributed by atoms with Gasteiger partial charge in [-0.05, 0) is 48.5 Å². The van der Waals surface area contributed by atoms with Gasteiger partial charge in [-0.3, -0.25) is 73.3 Å². The summed E-state index contributed by atoms with van der Waals surface area (Å²) in [6.07, 6.45) is -2.47. The van der Waals surface area contributed by atoms with Crippen LogP contribution in [0.4, 0.5) is 13.2 Å². The van der Waals surface area contributed by atoms with Gasteiger partial charge in [0.1, 0.15) is 24.0 Å². The van der Waals surface area contributed by atoms with Crippen LogP contribution in [-0.2, 0) is 54.6 Å². The minimum absolute atomic E-state index is 0. The molecular weight excluding hydrogens is 1190 g/mol. The number of nitriles is 1. The molecule has 6 aromatic heterocycles. The number of ether oxygens (including phenoxy) is 1. The number of oxime groups is 1. The molecule has 490 valence electrons. The molecule has 0 radical (unpaired) electrons. The van der Waals surface area contributed by atoms with Crippen LogP contribution in [0.15, 0.2) is 68.4 Å². The number of carbonyl (C=O) groups excluding carboxylic acids is 7. The molecule has 0 saturated carbocycles. The van der Waals surface area contributed by atoms with Crippen molar-refractivity contribution < 1.29 is 88.6 Å². The maximum absolute atomic E-state index is 11.2. The van der Waals surface area contributed by atoms with Crippen LogP contribution in [0, 0.1) is 53.0 Å². The van der Waals surface area contributed by atoms with Crippen molar-refractivity contribution in [1.82, 2.24) is 77.8 Å². The predicted octanol–water partition coefficient (Wildman–Crippen LogP) is 0.213. The summed E-state index contributed by atoms with van der Waals surface area (Å²) >= 11 is 0. The first-order chi connectivity index (χ1) is 39.8. The largest absolute Gasteiger partial charge is 0.519 e. The molecule has 5 amide bonds. The Bertz CT molecular complexity index is 3020. The monoisotopic (exact) mass is 1260 g/mol. The van der Waals surface area contributed by atoms with Gasteiger partial charge in [0.15, 0.2) is 24.3 Å². The van der Waals surface area contributed by atoms with Gasteiger partial charge < -0.3 is 43.1 Å². The Balaban J connectivity index is -0.000000207. The second-order valence-electron chi connectivity index (χ2n) is 15.0. The highest BCUT2D eigenvalue weighted by molar-refractivity contribution is 6.00. The molecule has 0 spiro atoms. The SMILES string of the molecule is C.CC(=O)NC#N.CC(=O)NCC(F)(F)F.CC(=O)NO.CC(=O)OCc1oc(=O)oc1C.CC1=NOC(=O)C1.CCNC(C)=O.CONC(C)=O.Cc1cc(=O)[nH][nH]1.Cc1cc(=O)[nH]o1.Cc1n[nH]c(=O)[nH]1.Cc1n[nH]c(=O)o1.Cc1noc(=O)[nH]1. The van der Waals surface area contributed by atoms with E-state index in [1.807, 2.05) is 19.2 Å². The number of rotatable bonds is 5. The zero-order valence-electron chi connectivity index (χ0n) is 48.9. The number of carbonyl (C=O) groups is 7. The van der Waals surface area contributed by atoms with Crippen molar-refractivity contribution in [2.45, 2.75) is 124 Å². The highest BCUT2D eigenvalue weighted by Gasteiger charge is 2.26. The first-order valence-electron chi connectivity index (χ1n) is 23.3. The van der Waals surface area contributed by atoms with Crippen LogP contribution in [0.5, 0.6) is 0 Å². The van der Waals surface area contributed by atoms with Gasteiger partial charge in [-0.25, -0.2) is 45.1 Å². The van der Waals surface area contributed by atoms with Crippen LogP contribution in [-0.4, -0.2) is 130 Å². The van der Waals surface area contributed by atoms with Gasteiger partial charge >= 0.3 is 41.1 Å². The fourth-order valence-corrected chi connectivity index (χ4v) is 3.54. The van der Waals surface area contributed by atoms with Crippen LogP contribution in [0.1, 0.15) is 110 Å². The highest BCUT2D eigenvalue weighted by atomic mass is 19.4. The number of esters is 1. The smallest absolute Gasteiger partial charge is 0.458 e. The molecular formula is C45H72F3N17O22. The van der Waals surface area contributed by atoms with Crippen molar-refractivity contribution in [2.24, 2.45) is 5.16 Å². The lowest BCUT2D eigenvalue weighted by molar-refractivity contribution is -0.143. The van der Waals surface area contributed by atoms with Crippen LogP contribution in [0.25, 0.3) is 0 Å². The lowest BCUT2D eigenvalue weighted by atomic mass is 10.3. The zero-order chi connectivity index (χ0) is 67.5. The van der Waals surface area contributed by atoms with Crippen LogP contribution in [0.2, 0.25) is 0 Å². The number of hydrogen-bond acceptors (Lipinski definition) is 27. The van der Waals surface area contributed by atoms with E-state index < -0.39 is 47.8 Å². The van der Waals surface area contributed by atoms with E-state index in [-0.39, 0.29) is 60.3 Å². The summed E-state index contributed by atoms with van der Waals surface area (Å²) < 4.78 is 60.3. The minimum Gasteiger partial charge on any atom is -0.458 e. The maximum atomic E-state index is 11.2. The summed E-state index contributed by atoms with van der Waals surface area (Å²) in [5.41, 5.74) is 4.57. The Labute approximate surface area is 488 Å². The third-order valence-corrected chi connectivity index (χ3v) is 6.63. The number of aromatic amines is 7. The molecule has 0 atom stereocenters.